The van der Waals surface area contributed by atoms with Gasteiger partial charge in [0.15, 0.2) is 0 Å². The summed E-state index contributed by atoms with van der Waals surface area (Å²) in [7, 11) is 6.60. The van der Waals surface area contributed by atoms with Gasteiger partial charge in [0.25, 0.3) is 0 Å². The quantitative estimate of drug-likeness (QED) is 0.730. The normalized spacial score (nSPS) is 19.6. The van der Waals surface area contributed by atoms with E-state index < -0.39 is 0 Å². The molecule has 0 aromatic carbocycles. The average molecular weight is 269 g/mol. The molecule has 0 heterocycles. The molecule has 114 valence electrons. The molecule has 0 bridgehead atoms. The van der Waals surface area contributed by atoms with Crippen LogP contribution in [0.3, 0.4) is 0 Å². The van der Waals surface area contributed by atoms with Gasteiger partial charge in [0.2, 0.25) is 0 Å². The number of hydrogen-bond acceptors (Lipinski definition) is 3. The Kier molecular flexibility index (Phi) is 7.33. The maximum Gasteiger partial charge on any atom is 0.0106 e. The Labute approximate surface area is 120 Å². The molecule has 0 saturated heterocycles. The van der Waals surface area contributed by atoms with E-state index in [0.29, 0.717) is 11.5 Å². The van der Waals surface area contributed by atoms with E-state index in [-0.39, 0.29) is 0 Å². The van der Waals surface area contributed by atoms with Crippen molar-refractivity contribution in [3.05, 3.63) is 0 Å². The molecule has 1 N–H and O–H groups in total. The van der Waals surface area contributed by atoms with E-state index in [2.05, 4.69) is 50.1 Å². The Morgan fingerprint density at radius 3 is 2.16 bits per heavy atom. The first-order valence-corrected chi connectivity index (χ1v) is 8.00. The van der Waals surface area contributed by atoms with Gasteiger partial charge in [-0.05, 0) is 39.4 Å². The Bertz CT molecular complexity index is 232. The van der Waals surface area contributed by atoms with Crippen molar-refractivity contribution >= 4 is 0 Å². The summed E-state index contributed by atoms with van der Waals surface area (Å²) in [4.78, 5) is 4.81. The molecule has 3 heteroatoms. The van der Waals surface area contributed by atoms with E-state index in [0.717, 1.165) is 6.54 Å². The van der Waals surface area contributed by atoms with Crippen molar-refractivity contribution in [3.8, 4) is 0 Å². The van der Waals surface area contributed by atoms with Crippen LogP contribution in [0, 0.1) is 5.41 Å². The van der Waals surface area contributed by atoms with Crippen molar-refractivity contribution in [3.63, 3.8) is 0 Å². The summed E-state index contributed by atoms with van der Waals surface area (Å²) in [5.41, 5.74) is 0.517. The summed E-state index contributed by atoms with van der Waals surface area (Å²) in [6.07, 6.45) is 7.07. The molecule has 1 aliphatic rings. The van der Waals surface area contributed by atoms with Crippen LogP contribution in [0.4, 0.5) is 0 Å². The van der Waals surface area contributed by atoms with Crippen LogP contribution in [0.1, 0.15) is 46.0 Å². The molecule has 0 aromatic heterocycles. The van der Waals surface area contributed by atoms with Crippen LogP contribution in [0.5, 0.6) is 0 Å². The first-order valence-electron chi connectivity index (χ1n) is 8.00. The standard InChI is InChI=1S/C16H35N3/c1-15(2)17-13-16(9-7-6-8-10-16)14-19(5)12-11-18(3)4/h15,17H,6-14H2,1-5H3. The highest BCUT2D eigenvalue weighted by Gasteiger charge is 2.32. The van der Waals surface area contributed by atoms with Gasteiger partial charge >= 0.3 is 0 Å². The predicted octanol–water partition coefficient (Wildman–Crippen LogP) is 2.43. The van der Waals surface area contributed by atoms with Gasteiger partial charge in [0, 0.05) is 32.2 Å². The molecule has 0 aromatic rings. The van der Waals surface area contributed by atoms with Gasteiger partial charge in [0.1, 0.15) is 0 Å². The fourth-order valence-corrected chi connectivity index (χ4v) is 3.14. The lowest BCUT2D eigenvalue weighted by molar-refractivity contribution is 0.111. The lowest BCUT2D eigenvalue weighted by atomic mass is 9.73. The van der Waals surface area contributed by atoms with Crippen LogP contribution in [-0.2, 0) is 0 Å². The summed E-state index contributed by atoms with van der Waals surface area (Å²) < 4.78 is 0. The number of rotatable bonds is 8. The monoisotopic (exact) mass is 269 g/mol. The van der Waals surface area contributed by atoms with Crippen molar-refractivity contribution in [2.75, 3.05) is 47.3 Å². The van der Waals surface area contributed by atoms with Crippen LogP contribution in [0.2, 0.25) is 0 Å². The van der Waals surface area contributed by atoms with Crippen LogP contribution in [0.15, 0.2) is 0 Å². The van der Waals surface area contributed by atoms with Crippen LogP contribution in [-0.4, -0.2) is 63.2 Å². The Balaban J connectivity index is 2.48. The van der Waals surface area contributed by atoms with E-state index in [1.54, 1.807) is 0 Å². The van der Waals surface area contributed by atoms with Crippen molar-refractivity contribution in [1.29, 1.82) is 0 Å². The Hall–Kier alpha value is -0.120. The van der Waals surface area contributed by atoms with E-state index in [9.17, 15) is 0 Å². The summed E-state index contributed by atoms with van der Waals surface area (Å²) in [6.45, 7) is 9.29. The predicted molar refractivity (Wildman–Crippen MR) is 84.7 cm³/mol. The SMILES string of the molecule is CC(C)NCC1(CN(C)CCN(C)C)CCCCC1. The van der Waals surface area contributed by atoms with Crippen LogP contribution in [0.25, 0.3) is 0 Å². The third-order valence-electron chi connectivity index (χ3n) is 4.33. The first kappa shape index (κ1) is 16.9. The second kappa shape index (κ2) is 8.23. The minimum absolute atomic E-state index is 0.517. The zero-order chi connectivity index (χ0) is 14.3. The largest absolute Gasteiger partial charge is 0.314 e. The van der Waals surface area contributed by atoms with Crippen molar-refractivity contribution in [1.82, 2.24) is 15.1 Å². The highest BCUT2D eigenvalue weighted by molar-refractivity contribution is 4.88. The van der Waals surface area contributed by atoms with Gasteiger partial charge in [0.05, 0.1) is 0 Å². The minimum Gasteiger partial charge on any atom is -0.314 e. The molecule has 19 heavy (non-hydrogen) atoms. The molecule has 0 unspecified atom stereocenters. The van der Waals surface area contributed by atoms with Crippen LogP contribution >= 0.6 is 0 Å². The molecule has 0 amide bonds. The van der Waals surface area contributed by atoms with Gasteiger partial charge < -0.3 is 15.1 Å². The number of hydrogen-bond donors (Lipinski definition) is 1. The average Bonchev–Trinajstić information content (AvgIpc) is 2.35. The fraction of sp³-hybridized carbons (Fsp3) is 1.00. The fourth-order valence-electron chi connectivity index (χ4n) is 3.14. The second-order valence-electron chi connectivity index (χ2n) is 7.14. The zero-order valence-corrected chi connectivity index (χ0v) is 13.8. The summed E-state index contributed by atoms with van der Waals surface area (Å²) in [5, 5.41) is 3.69. The lowest BCUT2D eigenvalue weighted by Gasteiger charge is -2.41. The van der Waals surface area contributed by atoms with Gasteiger partial charge in [-0.2, -0.15) is 0 Å². The number of likely N-dealkylation sites (N-methyl/N-ethyl adjacent to an activating group) is 2. The molecule has 1 fully saturated rings. The lowest BCUT2D eigenvalue weighted by Crippen LogP contribution is -2.46. The van der Waals surface area contributed by atoms with Gasteiger partial charge in [-0.3, -0.25) is 0 Å². The van der Waals surface area contributed by atoms with Crippen molar-refractivity contribution < 1.29 is 0 Å². The summed E-state index contributed by atoms with van der Waals surface area (Å²) in [6, 6.07) is 0.603. The van der Waals surface area contributed by atoms with E-state index >= 15 is 0 Å². The second-order valence-corrected chi connectivity index (χ2v) is 7.14. The number of nitrogens with one attached hydrogen (secondary N) is 1. The maximum atomic E-state index is 3.69. The molecule has 0 atom stereocenters. The molecule has 1 aliphatic carbocycles. The molecule has 0 spiro atoms. The summed E-state index contributed by atoms with van der Waals surface area (Å²) >= 11 is 0. The summed E-state index contributed by atoms with van der Waals surface area (Å²) in [5.74, 6) is 0. The van der Waals surface area contributed by atoms with Gasteiger partial charge in [-0.25, -0.2) is 0 Å². The van der Waals surface area contributed by atoms with Crippen molar-refractivity contribution in [2.45, 2.75) is 52.0 Å². The third-order valence-corrected chi connectivity index (χ3v) is 4.33. The third kappa shape index (κ3) is 6.73. The topological polar surface area (TPSA) is 18.5 Å². The van der Waals surface area contributed by atoms with E-state index in [1.807, 2.05) is 0 Å². The highest BCUT2D eigenvalue weighted by atomic mass is 15.2. The van der Waals surface area contributed by atoms with Gasteiger partial charge in [-0.1, -0.05) is 33.1 Å². The van der Waals surface area contributed by atoms with E-state index in [1.165, 1.54) is 51.7 Å². The molecular weight excluding hydrogens is 234 g/mol. The van der Waals surface area contributed by atoms with Gasteiger partial charge in [-0.15, -0.1) is 0 Å². The first-order chi connectivity index (χ1) is 8.93. The maximum absolute atomic E-state index is 3.69. The molecular formula is C16H35N3. The molecule has 3 nitrogen and oxygen atoms in total. The zero-order valence-electron chi connectivity index (χ0n) is 13.8. The number of nitrogens with zero attached hydrogens (tertiary/aromatic N) is 2. The molecule has 1 saturated carbocycles. The Morgan fingerprint density at radius 1 is 1.00 bits per heavy atom. The minimum atomic E-state index is 0.517. The Morgan fingerprint density at radius 2 is 1.63 bits per heavy atom. The smallest absolute Gasteiger partial charge is 0.0106 e. The highest BCUT2D eigenvalue weighted by Crippen LogP contribution is 2.36. The van der Waals surface area contributed by atoms with E-state index in [4.69, 9.17) is 0 Å². The molecule has 0 radical (unpaired) electrons. The van der Waals surface area contributed by atoms with Crippen LogP contribution < -0.4 is 5.32 Å². The molecule has 1 rings (SSSR count). The van der Waals surface area contributed by atoms with Crippen molar-refractivity contribution in [2.24, 2.45) is 5.41 Å². The molecule has 0 aliphatic heterocycles.